The Morgan fingerprint density at radius 1 is 1.05 bits per heavy atom. The van der Waals surface area contributed by atoms with Crippen molar-refractivity contribution in [2.45, 2.75) is 27.7 Å². The van der Waals surface area contributed by atoms with Gasteiger partial charge < -0.3 is 4.74 Å². The summed E-state index contributed by atoms with van der Waals surface area (Å²) in [5, 5.41) is 0. The SMILES string of the molecule is CC(=O)c1ccc(Oc2c(C)ccc(C)c2C)c(F)c1. The lowest BCUT2D eigenvalue weighted by atomic mass is 10.1. The van der Waals surface area contributed by atoms with Crippen molar-refractivity contribution in [3.05, 3.63) is 58.4 Å². The molecule has 3 heteroatoms. The van der Waals surface area contributed by atoms with Gasteiger partial charge in [0.15, 0.2) is 17.3 Å². The first-order chi connectivity index (χ1) is 9.40. The molecule has 2 aromatic carbocycles. The molecule has 0 spiro atoms. The van der Waals surface area contributed by atoms with E-state index in [2.05, 4.69) is 0 Å². The smallest absolute Gasteiger partial charge is 0.166 e. The molecule has 0 bridgehead atoms. The number of hydrogen-bond acceptors (Lipinski definition) is 2. The number of benzene rings is 2. The third-order valence-electron chi connectivity index (χ3n) is 3.42. The van der Waals surface area contributed by atoms with E-state index in [4.69, 9.17) is 4.74 Å². The zero-order chi connectivity index (χ0) is 14.9. The molecule has 0 aromatic heterocycles. The maximum absolute atomic E-state index is 14.0. The lowest BCUT2D eigenvalue weighted by Crippen LogP contribution is -1.98. The van der Waals surface area contributed by atoms with Crippen molar-refractivity contribution in [1.29, 1.82) is 0 Å². The van der Waals surface area contributed by atoms with Crippen LogP contribution in [0.5, 0.6) is 11.5 Å². The van der Waals surface area contributed by atoms with Crippen LogP contribution in [-0.4, -0.2) is 5.78 Å². The Bertz CT molecular complexity index is 675. The third-order valence-corrected chi connectivity index (χ3v) is 3.42. The van der Waals surface area contributed by atoms with Crippen LogP contribution in [0.3, 0.4) is 0 Å². The number of ketones is 1. The molecule has 0 radical (unpaired) electrons. The maximum Gasteiger partial charge on any atom is 0.166 e. The van der Waals surface area contributed by atoms with Crippen molar-refractivity contribution >= 4 is 5.78 Å². The average molecular weight is 272 g/mol. The average Bonchev–Trinajstić information content (AvgIpc) is 2.40. The minimum absolute atomic E-state index is 0.131. The quantitative estimate of drug-likeness (QED) is 0.754. The standard InChI is InChI=1S/C17H17FO2/c1-10-5-6-11(2)17(12(10)3)20-16-8-7-14(13(4)19)9-15(16)18/h5-9H,1-4H3. The van der Waals surface area contributed by atoms with Crippen molar-refractivity contribution in [2.24, 2.45) is 0 Å². The van der Waals surface area contributed by atoms with Crippen LogP contribution in [0.4, 0.5) is 4.39 Å². The van der Waals surface area contributed by atoms with Gasteiger partial charge in [0.1, 0.15) is 5.75 Å². The summed E-state index contributed by atoms with van der Waals surface area (Å²) in [5.41, 5.74) is 3.36. The van der Waals surface area contributed by atoms with Gasteiger partial charge in [0.25, 0.3) is 0 Å². The van der Waals surface area contributed by atoms with E-state index in [-0.39, 0.29) is 11.5 Å². The molecular formula is C17H17FO2. The Morgan fingerprint density at radius 3 is 2.30 bits per heavy atom. The van der Waals surface area contributed by atoms with E-state index in [0.717, 1.165) is 16.7 Å². The van der Waals surface area contributed by atoms with Crippen molar-refractivity contribution < 1.29 is 13.9 Å². The fraction of sp³-hybridized carbons (Fsp3) is 0.235. The molecule has 0 fully saturated rings. The Labute approximate surface area is 118 Å². The van der Waals surface area contributed by atoms with Gasteiger partial charge in [-0.2, -0.15) is 0 Å². The molecule has 2 aromatic rings. The number of hydrogen-bond donors (Lipinski definition) is 0. The molecule has 2 rings (SSSR count). The highest BCUT2D eigenvalue weighted by atomic mass is 19.1. The summed E-state index contributed by atoms with van der Waals surface area (Å²) in [5.74, 6) is 0.0997. The molecular weight excluding hydrogens is 255 g/mol. The van der Waals surface area contributed by atoms with E-state index >= 15 is 0 Å². The molecule has 0 saturated carbocycles. The maximum atomic E-state index is 14.0. The van der Waals surface area contributed by atoms with Crippen molar-refractivity contribution in [1.82, 2.24) is 0 Å². The third kappa shape index (κ3) is 2.72. The summed E-state index contributed by atoms with van der Waals surface area (Å²) in [7, 11) is 0. The van der Waals surface area contributed by atoms with Crippen LogP contribution in [0.15, 0.2) is 30.3 Å². The van der Waals surface area contributed by atoms with E-state index in [1.165, 1.54) is 19.1 Å². The van der Waals surface area contributed by atoms with Crippen LogP contribution in [0.25, 0.3) is 0 Å². The molecule has 0 saturated heterocycles. The van der Waals surface area contributed by atoms with Crippen molar-refractivity contribution in [3.63, 3.8) is 0 Å². The van der Waals surface area contributed by atoms with Crippen LogP contribution in [0.2, 0.25) is 0 Å². The summed E-state index contributed by atoms with van der Waals surface area (Å²) in [4.78, 5) is 11.2. The van der Waals surface area contributed by atoms with E-state index in [9.17, 15) is 9.18 Å². The molecule has 0 amide bonds. The second kappa shape index (κ2) is 5.45. The first kappa shape index (κ1) is 14.3. The number of aryl methyl sites for hydroxylation is 2. The first-order valence-corrected chi connectivity index (χ1v) is 6.45. The van der Waals surface area contributed by atoms with E-state index in [1.54, 1.807) is 6.07 Å². The molecule has 0 aliphatic carbocycles. The van der Waals surface area contributed by atoms with Gasteiger partial charge in [-0.15, -0.1) is 0 Å². The minimum atomic E-state index is -0.530. The number of ether oxygens (including phenoxy) is 1. The van der Waals surface area contributed by atoms with Crippen LogP contribution < -0.4 is 4.74 Å². The van der Waals surface area contributed by atoms with Gasteiger partial charge >= 0.3 is 0 Å². The molecule has 0 heterocycles. The van der Waals surface area contributed by atoms with Gasteiger partial charge in [-0.1, -0.05) is 12.1 Å². The minimum Gasteiger partial charge on any atom is -0.454 e. The molecule has 20 heavy (non-hydrogen) atoms. The molecule has 2 nitrogen and oxygen atoms in total. The monoisotopic (exact) mass is 272 g/mol. The van der Waals surface area contributed by atoms with E-state index in [1.807, 2.05) is 32.9 Å². The number of halogens is 1. The molecule has 104 valence electrons. The van der Waals surface area contributed by atoms with Crippen LogP contribution in [-0.2, 0) is 0 Å². The fourth-order valence-electron chi connectivity index (χ4n) is 2.00. The summed E-state index contributed by atoms with van der Waals surface area (Å²) in [6.07, 6.45) is 0. The molecule has 0 aliphatic rings. The van der Waals surface area contributed by atoms with Crippen LogP contribution in [0.1, 0.15) is 34.0 Å². The second-order valence-corrected chi connectivity index (χ2v) is 4.96. The van der Waals surface area contributed by atoms with Gasteiger partial charge in [0, 0.05) is 5.56 Å². The highest BCUT2D eigenvalue weighted by molar-refractivity contribution is 5.94. The Kier molecular flexibility index (Phi) is 3.89. The summed E-state index contributed by atoms with van der Waals surface area (Å²) in [6.45, 7) is 7.25. The number of Topliss-reactive ketones (excluding diaryl/α,β-unsaturated/α-hetero) is 1. The molecule has 0 unspecified atom stereocenters. The predicted octanol–water partition coefficient (Wildman–Crippen LogP) is 4.75. The Balaban J connectivity index is 2.41. The van der Waals surface area contributed by atoms with Crippen LogP contribution in [0, 0.1) is 26.6 Å². The topological polar surface area (TPSA) is 26.3 Å². The highest BCUT2D eigenvalue weighted by Gasteiger charge is 2.12. The molecule has 0 aliphatic heterocycles. The number of carbonyl (C=O) groups is 1. The van der Waals surface area contributed by atoms with Gasteiger partial charge in [-0.05, 0) is 62.6 Å². The van der Waals surface area contributed by atoms with Gasteiger partial charge in [-0.25, -0.2) is 4.39 Å². The Hall–Kier alpha value is -2.16. The molecule has 0 atom stereocenters. The summed E-state index contributed by atoms with van der Waals surface area (Å²) in [6, 6.07) is 8.22. The lowest BCUT2D eigenvalue weighted by molar-refractivity contribution is 0.101. The predicted molar refractivity (Wildman–Crippen MR) is 77.1 cm³/mol. The zero-order valence-electron chi connectivity index (χ0n) is 12.1. The largest absolute Gasteiger partial charge is 0.454 e. The lowest BCUT2D eigenvalue weighted by Gasteiger charge is -2.14. The van der Waals surface area contributed by atoms with Crippen molar-refractivity contribution in [2.75, 3.05) is 0 Å². The van der Waals surface area contributed by atoms with E-state index < -0.39 is 5.82 Å². The first-order valence-electron chi connectivity index (χ1n) is 6.45. The Morgan fingerprint density at radius 2 is 1.70 bits per heavy atom. The van der Waals surface area contributed by atoms with E-state index in [0.29, 0.717) is 11.3 Å². The summed E-state index contributed by atoms with van der Waals surface area (Å²) >= 11 is 0. The van der Waals surface area contributed by atoms with Gasteiger partial charge in [0.05, 0.1) is 0 Å². The fourth-order valence-corrected chi connectivity index (χ4v) is 2.00. The summed E-state index contributed by atoms with van der Waals surface area (Å²) < 4.78 is 19.7. The van der Waals surface area contributed by atoms with Crippen LogP contribution >= 0.6 is 0 Å². The molecule has 0 N–H and O–H groups in total. The number of carbonyl (C=O) groups excluding carboxylic acids is 1. The zero-order valence-corrected chi connectivity index (χ0v) is 12.1. The van der Waals surface area contributed by atoms with Crippen molar-refractivity contribution in [3.8, 4) is 11.5 Å². The highest BCUT2D eigenvalue weighted by Crippen LogP contribution is 2.32. The number of rotatable bonds is 3. The van der Waals surface area contributed by atoms with Gasteiger partial charge in [0.2, 0.25) is 0 Å². The van der Waals surface area contributed by atoms with Gasteiger partial charge in [-0.3, -0.25) is 4.79 Å². The normalized spacial score (nSPS) is 10.4. The second-order valence-electron chi connectivity index (χ2n) is 4.96.